The van der Waals surface area contributed by atoms with Crippen molar-refractivity contribution in [2.45, 2.75) is 59.4 Å². The monoisotopic (exact) mass is 352 g/mol. The highest BCUT2D eigenvalue weighted by atomic mass is 32.2. The van der Waals surface area contributed by atoms with Crippen LogP contribution in [0.2, 0.25) is 0 Å². The molecule has 2 atom stereocenters. The summed E-state index contributed by atoms with van der Waals surface area (Å²) in [6, 6.07) is 0.195. The zero-order valence-electron chi connectivity index (χ0n) is 15.1. The summed E-state index contributed by atoms with van der Waals surface area (Å²) in [4.78, 5) is 38.1. The third-order valence-electron chi connectivity index (χ3n) is 4.66. The number of thioether (sulfide) groups is 1. The number of nitrogens with zero attached hydrogens (tertiary/aromatic N) is 1. The molecule has 0 aromatic carbocycles. The summed E-state index contributed by atoms with van der Waals surface area (Å²) in [5.41, 5.74) is -0.495. The Morgan fingerprint density at radius 2 is 1.96 bits per heavy atom. The van der Waals surface area contributed by atoms with Crippen LogP contribution >= 0.6 is 11.8 Å². The maximum atomic E-state index is 12.4. The van der Waals surface area contributed by atoms with Gasteiger partial charge in [-0.2, -0.15) is 0 Å². The zero-order valence-corrected chi connectivity index (χ0v) is 15.9. The molecule has 0 unspecified atom stereocenters. The van der Waals surface area contributed by atoms with Crippen LogP contribution in [0.15, 0.2) is 11.1 Å². The third kappa shape index (κ3) is 4.85. The molecule has 1 heterocycles. The Kier molecular flexibility index (Phi) is 6.12. The molecule has 0 aromatic heterocycles. The van der Waals surface area contributed by atoms with E-state index in [1.165, 1.54) is 29.2 Å². The molecule has 1 aliphatic heterocycles. The molecule has 0 aromatic rings. The third-order valence-corrected chi connectivity index (χ3v) is 5.69. The molecular formula is C18H28N2O3S. The molecular weight excluding hydrogens is 324 g/mol. The van der Waals surface area contributed by atoms with Crippen LogP contribution in [0.25, 0.3) is 0 Å². The summed E-state index contributed by atoms with van der Waals surface area (Å²) in [5.74, 6) is 0.476. The van der Waals surface area contributed by atoms with E-state index in [2.05, 4.69) is 12.2 Å². The van der Waals surface area contributed by atoms with Crippen molar-refractivity contribution >= 4 is 29.4 Å². The summed E-state index contributed by atoms with van der Waals surface area (Å²) in [5, 5.41) is 3.66. The molecule has 0 spiro atoms. The fourth-order valence-electron chi connectivity index (χ4n) is 2.96. The van der Waals surface area contributed by atoms with Crippen LogP contribution in [0.4, 0.5) is 0 Å². The van der Waals surface area contributed by atoms with Crippen LogP contribution in [0, 0.1) is 11.3 Å². The van der Waals surface area contributed by atoms with Crippen molar-refractivity contribution in [2.75, 3.05) is 12.3 Å². The lowest BCUT2D eigenvalue weighted by Crippen LogP contribution is -2.45. The van der Waals surface area contributed by atoms with Crippen molar-refractivity contribution in [3.8, 4) is 0 Å². The van der Waals surface area contributed by atoms with Crippen LogP contribution < -0.4 is 5.32 Å². The van der Waals surface area contributed by atoms with E-state index < -0.39 is 5.41 Å². The van der Waals surface area contributed by atoms with Crippen molar-refractivity contribution in [1.29, 1.82) is 0 Å². The predicted octanol–water partition coefficient (Wildman–Crippen LogP) is 2.71. The van der Waals surface area contributed by atoms with Crippen molar-refractivity contribution < 1.29 is 14.4 Å². The molecule has 0 radical (unpaired) electrons. The highest BCUT2D eigenvalue weighted by molar-refractivity contribution is 8.04. The molecule has 1 saturated heterocycles. The van der Waals surface area contributed by atoms with Gasteiger partial charge >= 0.3 is 0 Å². The van der Waals surface area contributed by atoms with E-state index in [0.29, 0.717) is 10.9 Å². The van der Waals surface area contributed by atoms with E-state index in [1.807, 2.05) is 20.8 Å². The molecule has 2 aliphatic rings. The number of carbonyl (C=O) groups excluding carboxylic acids is 3. The maximum Gasteiger partial charge on any atom is 0.240 e. The van der Waals surface area contributed by atoms with Gasteiger partial charge in [-0.05, 0) is 18.8 Å². The van der Waals surface area contributed by atoms with Gasteiger partial charge < -0.3 is 5.32 Å². The molecule has 2 amide bonds. The molecule has 134 valence electrons. The first kappa shape index (κ1) is 19.0. The number of amides is 2. The van der Waals surface area contributed by atoms with Gasteiger partial charge in [0.15, 0.2) is 5.78 Å². The van der Waals surface area contributed by atoms with Crippen LogP contribution in [-0.2, 0) is 14.4 Å². The Hall–Kier alpha value is -1.30. The number of nitrogens with one attached hydrogen (secondary N) is 1. The lowest BCUT2D eigenvalue weighted by atomic mass is 9.86. The number of rotatable bonds is 4. The predicted molar refractivity (Wildman–Crippen MR) is 96.3 cm³/mol. The molecule has 2 rings (SSSR count). The van der Waals surface area contributed by atoms with Gasteiger partial charge in [-0.25, -0.2) is 0 Å². The molecule has 1 saturated carbocycles. The summed E-state index contributed by atoms with van der Waals surface area (Å²) in [6.45, 7) is 7.69. The Bertz CT molecular complexity index is 551. The number of ketones is 1. The highest BCUT2D eigenvalue weighted by Crippen LogP contribution is 2.30. The van der Waals surface area contributed by atoms with Gasteiger partial charge in [0.1, 0.15) is 6.54 Å². The van der Waals surface area contributed by atoms with Crippen molar-refractivity contribution in [3.63, 3.8) is 0 Å². The summed E-state index contributed by atoms with van der Waals surface area (Å²) < 4.78 is 0. The van der Waals surface area contributed by atoms with Crippen LogP contribution in [-0.4, -0.2) is 40.8 Å². The molecule has 1 N–H and O–H groups in total. The second kappa shape index (κ2) is 7.72. The summed E-state index contributed by atoms with van der Waals surface area (Å²) in [6.07, 6.45) is 6.00. The fourth-order valence-corrected chi connectivity index (χ4v) is 3.90. The van der Waals surface area contributed by atoms with Crippen LogP contribution in [0.1, 0.15) is 53.4 Å². The summed E-state index contributed by atoms with van der Waals surface area (Å²) in [7, 11) is 0. The van der Waals surface area contributed by atoms with E-state index in [-0.39, 0.29) is 35.9 Å². The molecule has 0 bridgehead atoms. The van der Waals surface area contributed by atoms with Crippen molar-refractivity contribution in [2.24, 2.45) is 11.3 Å². The van der Waals surface area contributed by atoms with Crippen LogP contribution in [0.5, 0.6) is 0 Å². The van der Waals surface area contributed by atoms with E-state index in [0.717, 1.165) is 19.3 Å². The SMILES string of the molecule is C[C@H]1CCCC[C@H]1NC(=O)CN1C(=O)CS/C1=C\C(=O)C(C)(C)C. The smallest absolute Gasteiger partial charge is 0.240 e. The minimum Gasteiger partial charge on any atom is -0.352 e. The van der Waals surface area contributed by atoms with Crippen LogP contribution in [0.3, 0.4) is 0 Å². The minimum absolute atomic E-state index is 0.00168. The summed E-state index contributed by atoms with van der Waals surface area (Å²) >= 11 is 1.33. The number of hydrogen-bond acceptors (Lipinski definition) is 4. The maximum absolute atomic E-state index is 12.4. The normalized spacial score (nSPS) is 26.8. The first-order chi connectivity index (χ1) is 11.2. The Morgan fingerprint density at radius 3 is 2.58 bits per heavy atom. The largest absolute Gasteiger partial charge is 0.352 e. The topological polar surface area (TPSA) is 66.5 Å². The lowest BCUT2D eigenvalue weighted by molar-refractivity contribution is -0.131. The number of carbonyl (C=O) groups is 3. The average molecular weight is 353 g/mol. The average Bonchev–Trinajstić information content (AvgIpc) is 2.81. The lowest BCUT2D eigenvalue weighted by Gasteiger charge is -2.30. The van der Waals surface area contributed by atoms with Gasteiger partial charge in [0.2, 0.25) is 11.8 Å². The van der Waals surface area contributed by atoms with E-state index in [9.17, 15) is 14.4 Å². The van der Waals surface area contributed by atoms with Gasteiger partial charge in [0.05, 0.1) is 10.8 Å². The molecule has 5 nitrogen and oxygen atoms in total. The van der Waals surface area contributed by atoms with E-state index >= 15 is 0 Å². The molecule has 1 aliphatic carbocycles. The molecule has 2 fully saturated rings. The number of allylic oxidation sites excluding steroid dienone is 1. The minimum atomic E-state index is -0.495. The van der Waals surface area contributed by atoms with Crippen molar-refractivity contribution in [3.05, 3.63) is 11.1 Å². The highest BCUT2D eigenvalue weighted by Gasteiger charge is 2.32. The van der Waals surface area contributed by atoms with E-state index in [4.69, 9.17) is 0 Å². The standard InChI is InChI=1S/C18H28N2O3S/c1-12-7-5-6-8-13(12)19-15(22)10-20-16(23)11-24-17(20)9-14(21)18(2,3)4/h9,12-13H,5-8,10-11H2,1-4H3,(H,19,22)/b17-9-/t12-,13+/m0/s1. The molecule has 24 heavy (non-hydrogen) atoms. The Balaban J connectivity index is 2.00. The Labute approximate surface area is 148 Å². The van der Waals surface area contributed by atoms with Gasteiger partial charge in [0, 0.05) is 17.5 Å². The van der Waals surface area contributed by atoms with Gasteiger partial charge in [-0.3, -0.25) is 19.3 Å². The first-order valence-electron chi connectivity index (χ1n) is 8.67. The molecule has 6 heteroatoms. The van der Waals surface area contributed by atoms with E-state index in [1.54, 1.807) is 0 Å². The van der Waals surface area contributed by atoms with Gasteiger partial charge in [-0.1, -0.05) is 52.3 Å². The van der Waals surface area contributed by atoms with Gasteiger partial charge in [0.25, 0.3) is 0 Å². The van der Waals surface area contributed by atoms with Crippen molar-refractivity contribution in [1.82, 2.24) is 10.2 Å². The zero-order chi connectivity index (χ0) is 17.9. The second-order valence-corrected chi connectivity index (χ2v) is 8.80. The second-order valence-electron chi connectivity index (χ2n) is 7.80. The number of hydrogen-bond donors (Lipinski definition) is 1. The Morgan fingerprint density at radius 1 is 1.29 bits per heavy atom. The van der Waals surface area contributed by atoms with Gasteiger partial charge in [-0.15, -0.1) is 0 Å². The first-order valence-corrected chi connectivity index (χ1v) is 9.65. The quantitative estimate of drug-likeness (QED) is 0.790. The fraction of sp³-hybridized carbons (Fsp3) is 0.722.